The number of nitrogens with one attached hydrogen (secondary N) is 1. The Morgan fingerprint density at radius 3 is 2.88 bits per heavy atom. The van der Waals surface area contributed by atoms with E-state index in [1.54, 1.807) is 22.6 Å². The molecular formula is C18H19N3O2S2. The van der Waals surface area contributed by atoms with Crippen LogP contribution in [0.2, 0.25) is 0 Å². The lowest BCUT2D eigenvalue weighted by Gasteiger charge is -2.04. The van der Waals surface area contributed by atoms with E-state index in [-0.39, 0.29) is 5.91 Å². The molecule has 2 heterocycles. The average molecular weight is 374 g/mol. The van der Waals surface area contributed by atoms with Gasteiger partial charge in [-0.3, -0.25) is 9.48 Å². The van der Waals surface area contributed by atoms with Gasteiger partial charge in [-0.1, -0.05) is 30.3 Å². The lowest BCUT2D eigenvalue weighted by Crippen LogP contribution is -2.09. The summed E-state index contributed by atoms with van der Waals surface area (Å²) in [6.45, 7) is 1.78. The number of hydrogen-bond acceptors (Lipinski definition) is 5. The van der Waals surface area contributed by atoms with Gasteiger partial charge in [0.2, 0.25) is 0 Å². The Bertz CT molecular complexity index is 815. The zero-order valence-corrected chi connectivity index (χ0v) is 15.5. The second-order valence-corrected chi connectivity index (χ2v) is 7.50. The van der Waals surface area contributed by atoms with Crippen molar-refractivity contribution in [2.24, 2.45) is 0 Å². The molecule has 3 aromatic rings. The molecule has 0 spiro atoms. The third-order valence-electron chi connectivity index (χ3n) is 3.47. The predicted molar refractivity (Wildman–Crippen MR) is 102 cm³/mol. The molecule has 0 atom stereocenters. The zero-order valence-electron chi connectivity index (χ0n) is 13.8. The first-order valence-corrected chi connectivity index (χ1v) is 9.88. The van der Waals surface area contributed by atoms with Crippen molar-refractivity contribution in [3.8, 4) is 0 Å². The Morgan fingerprint density at radius 1 is 1.28 bits per heavy atom. The van der Waals surface area contributed by atoms with Gasteiger partial charge >= 0.3 is 0 Å². The quantitative estimate of drug-likeness (QED) is 0.476. The summed E-state index contributed by atoms with van der Waals surface area (Å²) in [7, 11) is 0. The van der Waals surface area contributed by atoms with E-state index in [1.807, 2.05) is 54.9 Å². The first-order valence-electron chi connectivity index (χ1n) is 7.84. The number of thioether (sulfide) groups is 1. The van der Waals surface area contributed by atoms with Gasteiger partial charge in [-0.15, -0.1) is 23.1 Å². The van der Waals surface area contributed by atoms with Gasteiger partial charge in [-0.05, 0) is 24.0 Å². The Morgan fingerprint density at radius 2 is 2.12 bits per heavy atom. The van der Waals surface area contributed by atoms with E-state index in [0.29, 0.717) is 30.3 Å². The number of carbonyl (C=O) groups is 1. The highest BCUT2D eigenvalue weighted by molar-refractivity contribution is 8.00. The lowest BCUT2D eigenvalue weighted by molar-refractivity contribution is 0.103. The molecular weight excluding hydrogens is 354 g/mol. The number of aromatic nitrogens is 2. The third kappa shape index (κ3) is 5.19. The maximum Gasteiger partial charge on any atom is 0.265 e. The molecule has 0 aliphatic heterocycles. The molecule has 3 rings (SSSR count). The van der Waals surface area contributed by atoms with E-state index in [2.05, 4.69) is 10.4 Å². The van der Waals surface area contributed by atoms with E-state index in [4.69, 9.17) is 4.74 Å². The number of rotatable bonds is 8. The molecule has 130 valence electrons. The van der Waals surface area contributed by atoms with E-state index in [1.165, 1.54) is 11.3 Å². The molecule has 25 heavy (non-hydrogen) atoms. The molecule has 0 fully saturated rings. The summed E-state index contributed by atoms with van der Waals surface area (Å²) in [5.41, 5.74) is 1.84. The number of benzene rings is 1. The topological polar surface area (TPSA) is 56.2 Å². The molecule has 0 unspecified atom stereocenters. The summed E-state index contributed by atoms with van der Waals surface area (Å²) in [6, 6.07) is 13.9. The van der Waals surface area contributed by atoms with Crippen molar-refractivity contribution in [2.45, 2.75) is 17.4 Å². The fourth-order valence-electron chi connectivity index (χ4n) is 2.22. The van der Waals surface area contributed by atoms with Crippen LogP contribution in [-0.2, 0) is 17.9 Å². The normalized spacial score (nSPS) is 10.8. The van der Waals surface area contributed by atoms with Crippen LogP contribution < -0.4 is 5.32 Å². The number of hydrogen-bond donors (Lipinski definition) is 1. The standard InChI is InChI=1S/C18H19N3O2S2/c1-24-17-8-7-16(25-17)18(22)20-15-11-19-21(12-15)9-10-23-13-14-5-3-2-4-6-14/h2-8,11-12H,9-10,13H2,1H3,(H,20,22). The molecule has 0 saturated carbocycles. The van der Waals surface area contributed by atoms with Gasteiger partial charge in [0.05, 0.1) is 40.7 Å². The van der Waals surface area contributed by atoms with Crippen LogP contribution in [0.1, 0.15) is 15.2 Å². The Balaban J connectivity index is 1.44. The zero-order chi connectivity index (χ0) is 17.5. The van der Waals surface area contributed by atoms with Crippen LogP contribution in [0.4, 0.5) is 5.69 Å². The van der Waals surface area contributed by atoms with Gasteiger partial charge in [0.15, 0.2) is 0 Å². The number of nitrogens with zero attached hydrogens (tertiary/aromatic N) is 2. The highest BCUT2D eigenvalue weighted by Gasteiger charge is 2.10. The molecule has 7 heteroatoms. The van der Waals surface area contributed by atoms with Crippen LogP contribution in [0.25, 0.3) is 0 Å². The minimum atomic E-state index is -0.106. The van der Waals surface area contributed by atoms with Crippen LogP contribution in [0.5, 0.6) is 0 Å². The van der Waals surface area contributed by atoms with Crippen LogP contribution in [0.15, 0.2) is 59.1 Å². The van der Waals surface area contributed by atoms with Crippen LogP contribution in [0, 0.1) is 0 Å². The highest BCUT2D eigenvalue weighted by Crippen LogP contribution is 2.25. The fraction of sp³-hybridized carbons (Fsp3) is 0.222. The Hall–Kier alpha value is -2.09. The Labute approximate surface area is 155 Å². The van der Waals surface area contributed by atoms with E-state index >= 15 is 0 Å². The van der Waals surface area contributed by atoms with Gasteiger partial charge in [0.25, 0.3) is 5.91 Å². The SMILES string of the molecule is CSc1ccc(C(=O)Nc2cnn(CCOCc3ccccc3)c2)s1. The molecule has 0 aliphatic carbocycles. The summed E-state index contributed by atoms with van der Waals surface area (Å²) in [4.78, 5) is 12.9. The summed E-state index contributed by atoms with van der Waals surface area (Å²) in [5, 5.41) is 7.12. The number of amides is 1. The van der Waals surface area contributed by atoms with Crippen molar-refractivity contribution in [1.82, 2.24) is 9.78 Å². The van der Waals surface area contributed by atoms with Gasteiger partial charge < -0.3 is 10.1 Å². The predicted octanol–water partition coefficient (Wildman–Crippen LogP) is 4.14. The van der Waals surface area contributed by atoms with Crippen LogP contribution in [-0.4, -0.2) is 28.6 Å². The molecule has 1 amide bonds. The molecule has 0 radical (unpaired) electrons. The largest absolute Gasteiger partial charge is 0.375 e. The van der Waals surface area contributed by atoms with Gasteiger partial charge in [-0.25, -0.2) is 0 Å². The number of ether oxygens (including phenoxy) is 1. The van der Waals surface area contributed by atoms with Gasteiger partial charge in [0.1, 0.15) is 0 Å². The summed E-state index contributed by atoms with van der Waals surface area (Å²) in [5.74, 6) is -0.106. The van der Waals surface area contributed by atoms with Crippen LogP contribution in [0.3, 0.4) is 0 Å². The highest BCUT2D eigenvalue weighted by atomic mass is 32.2. The van der Waals surface area contributed by atoms with Crippen molar-refractivity contribution >= 4 is 34.7 Å². The second kappa shape index (κ2) is 8.84. The number of anilines is 1. The Kier molecular flexibility index (Phi) is 6.27. The summed E-state index contributed by atoms with van der Waals surface area (Å²) < 4.78 is 8.54. The summed E-state index contributed by atoms with van der Waals surface area (Å²) in [6.07, 6.45) is 5.46. The molecule has 5 nitrogen and oxygen atoms in total. The minimum absolute atomic E-state index is 0.106. The molecule has 0 aliphatic rings. The molecule has 2 aromatic heterocycles. The van der Waals surface area contributed by atoms with E-state index < -0.39 is 0 Å². The lowest BCUT2D eigenvalue weighted by atomic mass is 10.2. The average Bonchev–Trinajstić information content (AvgIpc) is 3.29. The van der Waals surface area contributed by atoms with Gasteiger partial charge in [0, 0.05) is 6.20 Å². The van der Waals surface area contributed by atoms with E-state index in [0.717, 1.165) is 9.77 Å². The monoisotopic (exact) mass is 373 g/mol. The maximum atomic E-state index is 12.2. The fourth-order valence-corrected chi connectivity index (χ4v) is 3.66. The smallest absolute Gasteiger partial charge is 0.265 e. The van der Waals surface area contributed by atoms with E-state index in [9.17, 15) is 4.79 Å². The number of thiophene rings is 1. The first-order chi connectivity index (χ1) is 12.2. The molecule has 1 aromatic carbocycles. The van der Waals surface area contributed by atoms with Crippen molar-refractivity contribution in [2.75, 3.05) is 18.2 Å². The minimum Gasteiger partial charge on any atom is -0.375 e. The summed E-state index contributed by atoms with van der Waals surface area (Å²) >= 11 is 3.12. The maximum absolute atomic E-state index is 12.2. The van der Waals surface area contributed by atoms with Crippen molar-refractivity contribution in [3.63, 3.8) is 0 Å². The van der Waals surface area contributed by atoms with Crippen molar-refractivity contribution in [1.29, 1.82) is 0 Å². The van der Waals surface area contributed by atoms with Gasteiger partial charge in [-0.2, -0.15) is 5.10 Å². The second-order valence-electron chi connectivity index (χ2n) is 5.31. The van der Waals surface area contributed by atoms with Crippen molar-refractivity contribution in [3.05, 3.63) is 65.3 Å². The first kappa shape index (κ1) is 17.7. The molecule has 0 bridgehead atoms. The molecule has 0 saturated heterocycles. The van der Waals surface area contributed by atoms with Crippen molar-refractivity contribution < 1.29 is 9.53 Å². The molecule has 1 N–H and O–H groups in total. The number of carbonyl (C=O) groups excluding carboxylic acids is 1. The van der Waals surface area contributed by atoms with Crippen LogP contribution >= 0.6 is 23.1 Å². The third-order valence-corrected chi connectivity index (χ3v) is 5.64.